The van der Waals surface area contributed by atoms with E-state index in [4.69, 9.17) is 5.11 Å². The maximum Gasteiger partial charge on any atom is 0.207 e. The van der Waals surface area contributed by atoms with Gasteiger partial charge in [-0.15, -0.1) is 0 Å². The van der Waals surface area contributed by atoms with Crippen molar-refractivity contribution in [3.05, 3.63) is 0 Å². The molecule has 2 nitrogen and oxygen atoms in total. The molecule has 0 aromatic carbocycles. The highest BCUT2D eigenvalue weighted by Crippen LogP contribution is 2.09. The summed E-state index contributed by atoms with van der Waals surface area (Å²) in [5.74, 6) is 1.19. The summed E-state index contributed by atoms with van der Waals surface area (Å²) in [5, 5.41) is 9.93. The number of β-amino-alcohol motifs (C(OH)–C–C–N with tert-alkyl or cyclic N) is 1. The molecule has 0 bridgehead atoms. The summed E-state index contributed by atoms with van der Waals surface area (Å²) < 4.78 is 2.21. The molecule has 0 aromatic rings. The molecular weight excluding hydrogens is 134 g/mol. The van der Waals surface area contributed by atoms with Gasteiger partial charge in [0.1, 0.15) is 6.61 Å². The van der Waals surface area contributed by atoms with Gasteiger partial charge in [-0.3, -0.25) is 0 Å². The lowest BCUT2D eigenvalue weighted by molar-refractivity contribution is -0.520. The molecular formula is C6H12NOS+. The smallest absolute Gasteiger partial charge is 0.207 e. The van der Waals surface area contributed by atoms with Crippen molar-refractivity contribution in [2.24, 2.45) is 0 Å². The Morgan fingerprint density at radius 3 is 3.00 bits per heavy atom. The number of aliphatic hydroxyl groups is 1. The Bertz CT molecular complexity index is 133. The van der Waals surface area contributed by atoms with E-state index >= 15 is 0 Å². The zero-order chi connectivity index (χ0) is 6.69. The minimum atomic E-state index is 0.276. The topological polar surface area (TPSA) is 23.2 Å². The molecule has 1 N–H and O–H groups in total. The van der Waals surface area contributed by atoms with Crippen molar-refractivity contribution in [2.45, 2.75) is 6.92 Å². The molecule has 1 heterocycles. The SMILES string of the molecule is CC1=[N+](CCO)CCS1. The van der Waals surface area contributed by atoms with Crippen molar-refractivity contribution in [3.63, 3.8) is 0 Å². The lowest BCUT2D eigenvalue weighted by Gasteiger charge is -1.92. The third-order valence-electron chi connectivity index (χ3n) is 1.49. The predicted molar refractivity (Wildman–Crippen MR) is 40.2 cm³/mol. The van der Waals surface area contributed by atoms with Gasteiger partial charge in [-0.05, 0) is 0 Å². The van der Waals surface area contributed by atoms with E-state index in [0.717, 1.165) is 13.1 Å². The van der Waals surface area contributed by atoms with Crippen LogP contribution in [0.25, 0.3) is 0 Å². The molecule has 0 unspecified atom stereocenters. The van der Waals surface area contributed by atoms with E-state index in [1.807, 2.05) is 11.8 Å². The van der Waals surface area contributed by atoms with Crippen LogP contribution in [-0.4, -0.2) is 40.2 Å². The van der Waals surface area contributed by atoms with Gasteiger partial charge in [0.25, 0.3) is 0 Å². The maximum absolute atomic E-state index is 8.58. The fraction of sp³-hybridized carbons (Fsp3) is 0.833. The minimum absolute atomic E-state index is 0.276. The van der Waals surface area contributed by atoms with Gasteiger partial charge < -0.3 is 5.11 Å². The zero-order valence-corrected chi connectivity index (χ0v) is 6.45. The Balaban J connectivity index is 2.45. The molecule has 0 aromatic heterocycles. The average Bonchev–Trinajstić information content (AvgIpc) is 2.18. The van der Waals surface area contributed by atoms with E-state index in [2.05, 4.69) is 11.5 Å². The van der Waals surface area contributed by atoms with Crippen LogP contribution in [0.4, 0.5) is 0 Å². The molecule has 3 heteroatoms. The summed E-state index contributed by atoms with van der Waals surface area (Å²) in [6.45, 7) is 4.29. The Hall–Kier alpha value is -0.0200. The third kappa shape index (κ3) is 1.69. The van der Waals surface area contributed by atoms with Crippen LogP contribution in [0, 0.1) is 0 Å². The number of hydrogen-bond acceptors (Lipinski definition) is 2. The number of hydrogen-bond donors (Lipinski definition) is 1. The quantitative estimate of drug-likeness (QED) is 0.561. The predicted octanol–water partition coefficient (Wildman–Crippen LogP) is 0.156. The first-order chi connectivity index (χ1) is 4.34. The highest BCUT2D eigenvalue weighted by molar-refractivity contribution is 8.13. The van der Waals surface area contributed by atoms with Crippen LogP contribution in [0.15, 0.2) is 0 Å². The van der Waals surface area contributed by atoms with Crippen molar-refractivity contribution in [2.75, 3.05) is 25.4 Å². The van der Waals surface area contributed by atoms with Crippen LogP contribution < -0.4 is 0 Å². The highest BCUT2D eigenvalue weighted by Gasteiger charge is 2.16. The van der Waals surface area contributed by atoms with Crippen LogP contribution in [0.5, 0.6) is 0 Å². The molecule has 0 spiro atoms. The molecule has 0 saturated heterocycles. The van der Waals surface area contributed by atoms with Gasteiger partial charge in [-0.1, -0.05) is 11.8 Å². The van der Waals surface area contributed by atoms with Gasteiger partial charge in [-0.25, -0.2) is 4.58 Å². The van der Waals surface area contributed by atoms with Gasteiger partial charge >= 0.3 is 0 Å². The van der Waals surface area contributed by atoms with E-state index in [-0.39, 0.29) is 6.61 Å². The molecule has 1 rings (SSSR count). The summed E-state index contributed by atoms with van der Waals surface area (Å²) in [5.41, 5.74) is 0. The second-order valence-corrected chi connectivity index (χ2v) is 3.37. The third-order valence-corrected chi connectivity index (χ3v) is 2.55. The van der Waals surface area contributed by atoms with Crippen LogP contribution >= 0.6 is 11.8 Å². The number of nitrogens with zero attached hydrogens (tertiary/aromatic N) is 1. The highest BCUT2D eigenvalue weighted by atomic mass is 32.2. The van der Waals surface area contributed by atoms with Crippen molar-refractivity contribution in [3.8, 4) is 0 Å². The molecule has 1 aliphatic rings. The minimum Gasteiger partial charge on any atom is -0.390 e. The van der Waals surface area contributed by atoms with Gasteiger partial charge in [0, 0.05) is 6.92 Å². The molecule has 0 aliphatic carbocycles. The van der Waals surface area contributed by atoms with Gasteiger partial charge in [0.05, 0.1) is 5.75 Å². The first-order valence-electron chi connectivity index (χ1n) is 3.17. The summed E-state index contributed by atoms with van der Waals surface area (Å²) in [7, 11) is 0. The largest absolute Gasteiger partial charge is 0.390 e. The Morgan fingerprint density at radius 2 is 2.56 bits per heavy atom. The van der Waals surface area contributed by atoms with E-state index in [1.54, 1.807) is 0 Å². The summed E-state index contributed by atoms with van der Waals surface area (Å²) in [4.78, 5) is 0. The normalized spacial score (nSPS) is 19.3. The van der Waals surface area contributed by atoms with E-state index in [0.29, 0.717) is 0 Å². The second kappa shape index (κ2) is 3.22. The maximum atomic E-state index is 8.58. The van der Waals surface area contributed by atoms with E-state index in [1.165, 1.54) is 10.8 Å². The van der Waals surface area contributed by atoms with Crippen LogP contribution in [0.3, 0.4) is 0 Å². The summed E-state index contributed by atoms with van der Waals surface area (Å²) in [6.07, 6.45) is 0. The Morgan fingerprint density at radius 1 is 1.78 bits per heavy atom. The molecule has 9 heavy (non-hydrogen) atoms. The number of aliphatic hydroxyl groups excluding tert-OH is 1. The second-order valence-electron chi connectivity index (χ2n) is 2.08. The molecule has 0 atom stereocenters. The number of rotatable bonds is 2. The standard InChI is InChI=1S/C6H12NOS/c1-6-7(2-4-8)3-5-9-6/h8H,2-5H2,1H3/q+1. The molecule has 52 valence electrons. The fourth-order valence-corrected chi connectivity index (χ4v) is 1.91. The molecule has 0 amide bonds. The first-order valence-corrected chi connectivity index (χ1v) is 4.15. The summed E-state index contributed by atoms with van der Waals surface area (Å²) in [6, 6.07) is 0. The summed E-state index contributed by atoms with van der Waals surface area (Å²) >= 11 is 1.88. The van der Waals surface area contributed by atoms with Crippen molar-refractivity contribution < 1.29 is 9.68 Å². The van der Waals surface area contributed by atoms with Crippen LogP contribution in [0.1, 0.15) is 6.92 Å². The average molecular weight is 146 g/mol. The lowest BCUT2D eigenvalue weighted by Crippen LogP contribution is -2.17. The van der Waals surface area contributed by atoms with Gasteiger partial charge in [0.15, 0.2) is 13.1 Å². The Labute approximate surface area is 59.6 Å². The lowest BCUT2D eigenvalue weighted by atomic mass is 10.6. The van der Waals surface area contributed by atoms with Crippen molar-refractivity contribution in [1.29, 1.82) is 0 Å². The fourth-order valence-electron chi connectivity index (χ4n) is 0.942. The zero-order valence-electron chi connectivity index (χ0n) is 5.63. The molecule has 0 saturated carbocycles. The van der Waals surface area contributed by atoms with E-state index < -0.39 is 0 Å². The molecule has 0 radical (unpaired) electrons. The first kappa shape index (κ1) is 7.09. The van der Waals surface area contributed by atoms with Crippen LogP contribution in [0.2, 0.25) is 0 Å². The van der Waals surface area contributed by atoms with E-state index in [9.17, 15) is 0 Å². The van der Waals surface area contributed by atoms with Gasteiger partial charge in [-0.2, -0.15) is 0 Å². The molecule has 0 fully saturated rings. The van der Waals surface area contributed by atoms with Crippen molar-refractivity contribution in [1.82, 2.24) is 0 Å². The van der Waals surface area contributed by atoms with Crippen LogP contribution in [-0.2, 0) is 0 Å². The Kier molecular flexibility index (Phi) is 2.54. The number of thioether (sulfide) groups is 1. The van der Waals surface area contributed by atoms with Gasteiger partial charge in [0.2, 0.25) is 5.04 Å². The monoisotopic (exact) mass is 146 g/mol. The molecule has 1 aliphatic heterocycles. The van der Waals surface area contributed by atoms with Crippen molar-refractivity contribution >= 4 is 16.8 Å².